The lowest BCUT2D eigenvalue weighted by molar-refractivity contribution is -0.134. The largest absolute Gasteiger partial charge is 0.439 e. The maximum Gasteiger partial charge on any atom is 0.224 e. The zero-order chi connectivity index (χ0) is 23.5. The number of amides is 1. The van der Waals surface area contributed by atoms with Crippen molar-refractivity contribution in [3.05, 3.63) is 42.0 Å². The van der Waals surface area contributed by atoms with Crippen LogP contribution in [0.4, 0.5) is 10.2 Å². The summed E-state index contributed by atoms with van der Waals surface area (Å²) in [5.74, 6) is 2.02. The Hall–Kier alpha value is -2.70. The lowest BCUT2D eigenvalue weighted by atomic mass is 9.84. The number of rotatable bonds is 6. The molecule has 1 aromatic carbocycles. The van der Waals surface area contributed by atoms with Crippen LogP contribution < -0.4 is 9.64 Å². The summed E-state index contributed by atoms with van der Waals surface area (Å²) in [6.07, 6.45) is 3.09. The highest BCUT2D eigenvalue weighted by atomic mass is 19.1. The number of carbonyl (C=O) groups is 1. The van der Waals surface area contributed by atoms with Crippen LogP contribution in [0.5, 0.6) is 11.6 Å². The second kappa shape index (κ2) is 9.84. The second-order valence-electron chi connectivity index (χ2n) is 10.2. The summed E-state index contributed by atoms with van der Waals surface area (Å²) in [4.78, 5) is 25.6. The van der Waals surface area contributed by atoms with Crippen molar-refractivity contribution in [3.8, 4) is 11.6 Å². The van der Waals surface area contributed by atoms with Crippen molar-refractivity contribution in [2.45, 2.75) is 60.4 Å². The Labute approximate surface area is 190 Å². The molecule has 6 nitrogen and oxygen atoms in total. The number of piperazine rings is 1. The number of aromatic nitrogens is 2. The van der Waals surface area contributed by atoms with Gasteiger partial charge in [-0.1, -0.05) is 27.7 Å². The van der Waals surface area contributed by atoms with Crippen LogP contribution >= 0.6 is 0 Å². The normalized spacial score (nSPS) is 17.9. The van der Waals surface area contributed by atoms with Crippen molar-refractivity contribution in [2.24, 2.45) is 11.3 Å². The van der Waals surface area contributed by atoms with Gasteiger partial charge in [0.2, 0.25) is 11.8 Å². The Morgan fingerprint density at radius 3 is 2.66 bits per heavy atom. The van der Waals surface area contributed by atoms with Crippen molar-refractivity contribution in [2.75, 3.05) is 24.5 Å². The van der Waals surface area contributed by atoms with Crippen LogP contribution in [-0.4, -0.2) is 46.5 Å². The molecule has 1 fully saturated rings. The van der Waals surface area contributed by atoms with E-state index in [1.165, 1.54) is 18.5 Å². The Morgan fingerprint density at radius 1 is 1.25 bits per heavy atom. The number of nitrogens with zero attached hydrogens (tertiary/aromatic N) is 4. The molecule has 2 atom stereocenters. The molecule has 3 rings (SSSR count). The summed E-state index contributed by atoms with van der Waals surface area (Å²) in [6.45, 7) is 14.8. The average molecular weight is 443 g/mol. The fourth-order valence-electron chi connectivity index (χ4n) is 4.47. The lowest BCUT2D eigenvalue weighted by Crippen LogP contribution is -2.54. The third-order valence-corrected chi connectivity index (χ3v) is 5.73. The van der Waals surface area contributed by atoms with Crippen molar-refractivity contribution >= 4 is 11.7 Å². The molecule has 7 heteroatoms. The number of anilines is 1. The third kappa shape index (κ3) is 6.40. The summed E-state index contributed by atoms with van der Waals surface area (Å²) in [5.41, 5.74) is 0.926. The summed E-state index contributed by atoms with van der Waals surface area (Å²) < 4.78 is 19.2. The van der Waals surface area contributed by atoms with E-state index in [0.29, 0.717) is 49.2 Å². The van der Waals surface area contributed by atoms with Crippen LogP contribution in [0.15, 0.2) is 30.6 Å². The van der Waals surface area contributed by atoms with Gasteiger partial charge in [-0.3, -0.25) is 4.79 Å². The van der Waals surface area contributed by atoms with Crippen LogP contribution in [0.1, 0.15) is 53.0 Å². The molecule has 0 bridgehead atoms. The predicted octanol–water partition coefficient (Wildman–Crippen LogP) is 5.22. The van der Waals surface area contributed by atoms with E-state index in [1.54, 1.807) is 19.1 Å². The number of aryl methyl sites for hydroxylation is 1. The zero-order valence-corrected chi connectivity index (χ0v) is 20.1. The fourth-order valence-corrected chi connectivity index (χ4v) is 4.47. The Balaban J connectivity index is 1.61. The van der Waals surface area contributed by atoms with Crippen LogP contribution in [0, 0.1) is 24.1 Å². The van der Waals surface area contributed by atoms with Gasteiger partial charge in [-0.05, 0) is 55.4 Å². The third-order valence-electron chi connectivity index (χ3n) is 5.73. The number of halogens is 1. The van der Waals surface area contributed by atoms with E-state index in [2.05, 4.69) is 49.5 Å². The van der Waals surface area contributed by atoms with Gasteiger partial charge < -0.3 is 14.5 Å². The number of carbonyl (C=O) groups excluding carboxylic acids is 1. The van der Waals surface area contributed by atoms with E-state index in [9.17, 15) is 9.18 Å². The average Bonchev–Trinajstić information content (AvgIpc) is 2.68. The van der Waals surface area contributed by atoms with Crippen molar-refractivity contribution in [1.29, 1.82) is 0 Å². The van der Waals surface area contributed by atoms with E-state index in [-0.39, 0.29) is 23.2 Å². The first-order valence-electron chi connectivity index (χ1n) is 11.3. The van der Waals surface area contributed by atoms with Crippen LogP contribution in [0.25, 0.3) is 0 Å². The van der Waals surface area contributed by atoms with E-state index in [1.807, 2.05) is 4.90 Å². The van der Waals surface area contributed by atoms with Gasteiger partial charge in [0.05, 0.1) is 0 Å². The number of hydrogen-bond donors (Lipinski definition) is 0. The fraction of sp³-hybridized carbons (Fsp3) is 0.560. The van der Waals surface area contributed by atoms with Crippen molar-refractivity contribution in [3.63, 3.8) is 0 Å². The molecule has 174 valence electrons. The Kier molecular flexibility index (Phi) is 7.36. The van der Waals surface area contributed by atoms with Gasteiger partial charge in [0.1, 0.15) is 23.7 Å². The number of hydrogen-bond acceptors (Lipinski definition) is 5. The van der Waals surface area contributed by atoms with Gasteiger partial charge in [-0.2, -0.15) is 0 Å². The maximum atomic E-state index is 13.3. The summed E-state index contributed by atoms with van der Waals surface area (Å²) in [5, 5.41) is 0. The second-order valence-corrected chi connectivity index (χ2v) is 10.2. The van der Waals surface area contributed by atoms with Gasteiger partial charge in [-0.15, -0.1) is 0 Å². The molecule has 0 radical (unpaired) electrons. The quantitative estimate of drug-likeness (QED) is 0.614. The smallest absolute Gasteiger partial charge is 0.224 e. The number of ether oxygens (including phenoxy) is 1. The molecule has 0 N–H and O–H groups in total. The number of benzene rings is 1. The molecule has 1 aromatic heterocycles. The molecule has 1 aliphatic rings. The molecule has 1 saturated heterocycles. The van der Waals surface area contributed by atoms with Crippen LogP contribution in [0.2, 0.25) is 0 Å². The first-order chi connectivity index (χ1) is 15.0. The minimum atomic E-state index is -0.299. The predicted molar refractivity (Wildman–Crippen MR) is 124 cm³/mol. The molecule has 1 aliphatic heterocycles. The minimum Gasteiger partial charge on any atom is -0.439 e. The highest BCUT2D eigenvalue weighted by Crippen LogP contribution is 2.28. The highest BCUT2D eigenvalue weighted by molar-refractivity contribution is 5.77. The molecular weight excluding hydrogens is 407 g/mol. The van der Waals surface area contributed by atoms with E-state index < -0.39 is 0 Å². The monoisotopic (exact) mass is 442 g/mol. The molecule has 1 amide bonds. The molecular formula is C25H35FN4O2. The summed E-state index contributed by atoms with van der Waals surface area (Å²) in [7, 11) is 0. The molecule has 0 saturated carbocycles. The first kappa shape index (κ1) is 24.0. The minimum absolute atomic E-state index is 0.0942. The standard InChI is InChI=1S/C25H35FN4O2/c1-17(14-25(4,5)6)11-24(31)30-10-9-29(15-19(30)3)22-13-23(28-16-27-22)32-21-8-7-20(26)12-18(21)2/h7-8,12-13,16-17,19H,9-11,14-15H2,1-6H3/t17-,19+/m0/s1. The van der Waals surface area contributed by atoms with Gasteiger partial charge in [0, 0.05) is 38.2 Å². The zero-order valence-electron chi connectivity index (χ0n) is 20.1. The van der Waals surface area contributed by atoms with Gasteiger partial charge in [0.15, 0.2) is 0 Å². The molecule has 0 spiro atoms. The molecule has 0 aliphatic carbocycles. The molecule has 0 unspecified atom stereocenters. The Bertz CT molecular complexity index is 944. The first-order valence-corrected chi connectivity index (χ1v) is 11.3. The Morgan fingerprint density at radius 2 is 2.00 bits per heavy atom. The summed E-state index contributed by atoms with van der Waals surface area (Å²) >= 11 is 0. The SMILES string of the molecule is Cc1cc(F)ccc1Oc1cc(N2CCN(C(=O)C[C@H](C)CC(C)(C)C)[C@H](C)C2)ncn1. The highest BCUT2D eigenvalue weighted by Gasteiger charge is 2.29. The van der Waals surface area contributed by atoms with Crippen LogP contribution in [-0.2, 0) is 4.79 Å². The molecule has 32 heavy (non-hydrogen) atoms. The van der Waals surface area contributed by atoms with Crippen LogP contribution in [0.3, 0.4) is 0 Å². The van der Waals surface area contributed by atoms with Gasteiger partial charge in [0.25, 0.3) is 0 Å². The summed E-state index contributed by atoms with van der Waals surface area (Å²) in [6, 6.07) is 6.28. The van der Waals surface area contributed by atoms with E-state index in [4.69, 9.17) is 4.74 Å². The van der Waals surface area contributed by atoms with E-state index >= 15 is 0 Å². The topological polar surface area (TPSA) is 58.6 Å². The van der Waals surface area contributed by atoms with E-state index in [0.717, 1.165) is 12.2 Å². The maximum absolute atomic E-state index is 13.3. The van der Waals surface area contributed by atoms with Crippen molar-refractivity contribution < 1.29 is 13.9 Å². The molecule has 2 aromatic rings. The lowest BCUT2D eigenvalue weighted by Gasteiger charge is -2.41. The van der Waals surface area contributed by atoms with Gasteiger partial charge >= 0.3 is 0 Å². The van der Waals surface area contributed by atoms with Gasteiger partial charge in [-0.25, -0.2) is 14.4 Å². The van der Waals surface area contributed by atoms with Crippen molar-refractivity contribution in [1.82, 2.24) is 14.9 Å². The molecule has 2 heterocycles.